The van der Waals surface area contributed by atoms with Gasteiger partial charge in [0, 0.05) is 25.7 Å². The lowest BCUT2D eigenvalue weighted by atomic mass is 10.2. The summed E-state index contributed by atoms with van der Waals surface area (Å²) >= 11 is 11.6. The van der Waals surface area contributed by atoms with Crippen LogP contribution in [0.3, 0.4) is 0 Å². The number of halogens is 1. The van der Waals surface area contributed by atoms with Gasteiger partial charge in [0.1, 0.15) is 22.1 Å². The highest BCUT2D eigenvalue weighted by molar-refractivity contribution is 7.71. The SMILES string of the molecule is CC(=O)Cc1cc(Oc2cnc3[nH]c(=S)n(C)c3c2Cl)ccn1. The second-order valence-electron chi connectivity index (χ2n) is 5.09. The van der Waals surface area contributed by atoms with E-state index >= 15 is 0 Å². The molecule has 0 spiro atoms. The van der Waals surface area contributed by atoms with Gasteiger partial charge >= 0.3 is 0 Å². The first-order chi connectivity index (χ1) is 11.0. The Kier molecular flexibility index (Phi) is 4.14. The third kappa shape index (κ3) is 3.11. The molecule has 0 bridgehead atoms. The zero-order chi connectivity index (χ0) is 16.6. The Morgan fingerprint density at radius 3 is 3.00 bits per heavy atom. The van der Waals surface area contributed by atoms with E-state index < -0.39 is 0 Å². The Bertz CT molecular complexity index is 964. The molecule has 0 aliphatic carbocycles. The number of Topliss-reactive ketones (excluding diaryl/α,β-unsaturated/α-hetero) is 1. The number of aryl methyl sites for hydroxylation is 1. The van der Waals surface area contributed by atoms with Crippen molar-refractivity contribution < 1.29 is 9.53 Å². The second kappa shape index (κ2) is 6.10. The molecule has 0 aromatic carbocycles. The van der Waals surface area contributed by atoms with Crippen LogP contribution in [0.15, 0.2) is 24.5 Å². The van der Waals surface area contributed by atoms with Crippen molar-refractivity contribution in [2.24, 2.45) is 7.05 Å². The van der Waals surface area contributed by atoms with Crippen molar-refractivity contribution >= 4 is 40.8 Å². The maximum absolute atomic E-state index is 11.2. The number of nitrogens with zero attached hydrogens (tertiary/aromatic N) is 3. The number of carbonyl (C=O) groups excluding carboxylic acids is 1. The third-order valence-corrected chi connectivity index (χ3v) is 4.01. The van der Waals surface area contributed by atoms with E-state index in [1.165, 1.54) is 13.1 Å². The maximum atomic E-state index is 11.2. The molecule has 0 aliphatic rings. The number of H-pyrrole nitrogens is 1. The number of fused-ring (bicyclic) bond motifs is 1. The quantitative estimate of drug-likeness (QED) is 0.729. The Labute approximate surface area is 142 Å². The molecule has 23 heavy (non-hydrogen) atoms. The molecule has 118 valence electrons. The first-order valence-electron chi connectivity index (χ1n) is 6.81. The minimum atomic E-state index is 0.0353. The number of aromatic nitrogens is 4. The largest absolute Gasteiger partial charge is 0.454 e. The summed E-state index contributed by atoms with van der Waals surface area (Å²) in [4.78, 5) is 22.6. The molecule has 0 saturated carbocycles. The fraction of sp³-hybridized carbons (Fsp3) is 0.200. The van der Waals surface area contributed by atoms with Crippen LogP contribution in [0.2, 0.25) is 5.02 Å². The van der Waals surface area contributed by atoms with Crippen LogP contribution in [0.4, 0.5) is 0 Å². The van der Waals surface area contributed by atoms with Gasteiger partial charge in [0.25, 0.3) is 0 Å². The highest BCUT2D eigenvalue weighted by Gasteiger charge is 2.13. The number of nitrogens with one attached hydrogen (secondary N) is 1. The van der Waals surface area contributed by atoms with Gasteiger partial charge in [-0.2, -0.15) is 0 Å². The van der Waals surface area contributed by atoms with Crippen LogP contribution in [-0.4, -0.2) is 25.3 Å². The summed E-state index contributed by atoms with van der Waals surface area (Å²) in [6.07, 6.45) is 3.38. The standard InChI is InChI=1S/C15H13ClN4O2S/c1-8(21)5-9-6-10(3-4-17-9)22-11-7-18-14-13(12(11)16)20(2)15(23)19-14/h3-4,6-7H,5H2,1-2H3,(H,18,19,23). The fourth-order valence-corrected chi connectivity index (χ4v) is 2.71. The minimum Gasteiger partial charge on any atom is -0.454 e. The van der Waals surface area contributed by atoms with E-state index in [1.54, 1.807) is 29.9 Å². The van der Waals surface area contributed by atoms with Gasteiger partial charge in [0.15, 0.2) is 16.2 Å². The van der Waals surface area contributed by atoms with Crippen LogP contribution < -0.4 is 4.74 Å². The summed E-state index contributed by atoms with van der Waals surface area (Å²) in [6.45, 7) is 1.52. The molecule has 3 aromatic heterocycles. The number of aromatic amines is 1. The molecular formula is C15H13ClN4O2S. The molecule has 8 heteroatoms. The van der Waals surface area contributed by atoms with Crippen LogP contribution in [0.1, 0.15) is 12.6 Å². The van der Waals surface area contributed by atoms with E-state index in [0.29, 0.717) is 38.2 Å². The van der Waals surface area contributed by atoms with E-state index in [2.05, 4.69) is 15.0 Å². The van der Waals surface area contributed by atoms with Crippen molar-refractivity contribution in [2.45, 2.75) is 13.3 Å². The summed E-state index contributed by atoms with van der Waals surface area (Å²) < 4.78 is 8.06. The lowest BCUT2D eigenvalue weighted by Gasteiger charge is -2.09. The van der Waals surface area contributed by atoms with E-state index in [1.807, 2.05) is 0 Å². The molecule has 3 rings (SSSR count). The Hall–Kier alpha value is -2.25. The van der Waals surface area contributed by atoms with Gasteiger partial charge in [0.2, 0.25) is 0 Å². The minimum absolute atomic E-state index is 0.0353. The topological polar surface area (TPSA) is 72.8 Å². The Morgan fingerprint density at radius 2 is 2.26 bits per heavy atom. The monoisotopic (exact) mass is 348 g/mol. The molecule has 1 N–H and O–H groups in total. The summed E-state index contributed by atoms with van der Waals surface area (Å²) in [5.74, 6) is 0.980. The van der Waals surface area contributed by atoms with Gasteiger partial charge in [0.05, 0.1) is 11.9 Å². The van der Waals surface area contributed by atoms with Crippen LogP contribution in [0.5, 0.6) is 11.5 Å². The van der Waals surface area contributed by atoms with Crippen molar-refractivity contribution in [3.63, 3.8) is 0 Å². The van der Waals surface area contributed by atoms with Crippen LogP contribution in [-0.2, 0) is 18.3 Å². The lowest BCUT2D eigenvalue weighted by Crippen LogP contribution is -1.99. The normalized spacial score (nSPS) is 10.9. The lowest BCUT2D eigenvalue weighted by molar-refractivity contribution is -0.116. The summed E-state index contributed by atoms with van der Waals surface area (Å²) in [5.41, 5.74) is 1.91. The smallest absolute Gasteiger partial charge is 0.179 e. The first kappa shape index (κ1) is 15.6. The number of carbonyl (C=O) groups is 1. The van der Waals surface area contributed by atoms with Crippen molar-refractivity contribution in [3.8, 4) is 11.5 Å². The molecule has 3 aromatic rings. The highest BCUT2D eigenvalue weighted by Crippen LogP contribution is 2.33. The van der Waals surface area contributed by atoms with Gasteiger partial charge in [-0.25, -0.2) is 4.98 Å². The van der Waals surface area contributed by atoms with Gasteiger partial charge in [-0.3, -0.25) is 9.78 Å². The summed E-state index contributed by atoms with van der Waals surface area (Å²) in [6, 6.07) is 3.40. The summed E-state index contributed by atoms with van der Waals surface area (Å²) in [5, 5.41) is 0.412. The van der Waals surface area contributed by atoms with Crippen molar-refractivity contribution in [1.29, 1.82) is 0 Å². The van der Waals surface area contributed by atoms with Crippen molar-refractivity contribution in [2.75, 3.05) is 0 Å². The molecule has 0 amide bonds. The van der Waals surface area contributed by atoms with Crippen LogP contribution in [0, 0.1) is 4.77 Å². The van der Waals surface area contributed by atoms with E-state index in [0.717, 1.165) is 0 Å². The molecule has 0 fully saturated rings. The highest BCUT2D eigenvalue weighted by atomic mass is 35.5. The first-order valence-corrected chi connectivity index (χ1v) is 7.59. The van der Waals surface area contributed by atoms with E-state index in [4.69, 9.17) is 28.6 Å². The Morgan fingerprint density at radius 1 is 1.48 bits per heavy atom. The molecule has 0 saturated heterocycles. The number of ether oxygens (including phenoxy) is 1. The Balaban J connectivity index is 1.98. The van der Waals surface area contributed by atoms with Crippen LogP contribution >= 0.6 is 23.8 Å². The van der Waals surface area contributed by atoms with Gasteiger partial charge < -0.3 is 14.3 Å². The van der Waals surface area contributed by atoms with Crippen LogP contribution in [0.25, 0.3) is 11.2 Å². The van der Waals surface area contributed by atoms with Crippen molar-refractivity contribution in [1.82, 2.24) is 19.5 Å². The number of ketones is 1. The van der Waals surface area contributed by atoms with Crippen molar-refractivity contribution in [3.05, 3.63) is 40.0 Å². The predicted molar refractivity (Wildman–Crippen MR) is 89.6 cm³/mol. The number of hydrogen-bond acceptors (Lipinski definition) is 5. The van der Waals surface area contributed by atoms with E-state index in [-0.39, 0.29) is 12.2 Å². The number of hydrogen-bond donors (Lipinski definition) is 1. The molecular weight excluding hydrogens is 336 g/mol. The summed E-state index contributed by atoms with van der Waals surface area (Å²) in [7, 11) is 1.80. The molecule has 0 unspecified atom stereocenters. The second-order valence-corrected chi connectivity index (χ2v) is 5.85. The average molecular weight is 349 g/mol. The predicted octanol–water partition coefficient (Wildman–Crippen LogP) is 3.60. The molecule has 6 nitrogen and oxygen atoms in total. The van der Waals surface area contributed by atoms with Gasteiger partial charge in [-0.05, 0) is 25.2 Å². The number of rotatable bonds is 4. The zero-order valence-corrected chi connectivity index (χ0v) is 14.0. The number of imidazole rings is 1. The molecule has 0 aliphatic heterocycles. The molecule has 0 radical (unpaired) electrons. The zero-order valence-electron chi connectivity index (χ0n) is 12.5. The third-order valence-electron chi connectivity index (χ3n) is 3.27. The average Bonchev–Trinajstić information content (AvgIpc) is 2.78. The molecule has 0 atom stereocenters. The fourth-order valence-electron chi connectivity index (χ4n) is 2.22. The van der Waals surface area contributed by atoms with Gasteiger partial charge in [-0.1, -0.05) is 11.6 Å². The number of pyridine rings is 2. The molecule has 3 heterocycles. The van der Waals surface area contributed by atoms with Gasteiger partial charge in [-0.15, -0.1) is 0 Å². The maximum Gasteiger partial charge on any atom is 0.179 e. The van der Waals surface area contributed by atoms with E-state index in [9.17, 15) is 4.79 Å².